The molecule has 12 nitrogen and oxygen atoms in total. The van der Waals surface area contributed by atoms with Crippen LogP contribution in [-0.4, -0.2) is 100 Å². The number of likely N-dealkylation sites (tertiary alicyclic amines) is 1. The van der Waals surface area contributed by atoms with Crippen LogP contribution >= 0.6 is 12.4 Å². The summed E-state index contributed by atoms with van der Waals surface area (Å²) < 4.78 is 7.47. The number of halogens is 1. The van der Waals surface area contributed by atoms with Gasteiger partial charge < -0.3 is 26.0 Å². The summed E-state index contributed by atoms with van der Waals surface area (Å²) in [4.78, 5) is 47.4. The van der Waals surface area contributed by atoms with E-state index in [0.29, 0.717) is 37.8 Å². The van der Waals surface area contributed by atoms with Gasteiger partial charge in [0.05, 0.1) is 11.2 Å². The Morgan fingerprint density at radius 1 is 1.10 bits per heavy atom. The zero-order valence-corrected chi connectivity index (χ0v) is 24.2. The fraction of sp³-hybridized carbons (Fsp3) is 0.556. The summed E-state index contributed by atoms with van der Waals surface area (Å²) in [5.41, 5.74) is 10.9. The van der Waals surface area contributed by atoms with Crippen molar-refractivity contribution in [1.29, 1.82) is 0 Å². The molecule has 0 saturated carbocycles. The summed E-state index contributed by atoms with van der Waals surface area (Å²) in [5.74, 6) is 1.31. The molecule has 2 fully saturated rings. The molecule has 0 aliphatic carbocycles. The van der Waals surface area contributed by atoms with Crippen LogP contribution in [0.1, 0.15) is 27.2 Å². The largest absolute Gasteiger partial charge is 0.489 e. The van der Waals surface area contributed by atoms with Gasteiger partial charge in [-0.3, -0.25) is 19.6 Å². The van der Waals surface area contributed by atoms with Gasteiger partial charge in [0.2, 0.25) is 5.91 Å². The predicted molar refractivity (Wildman–Crippen MR) is 156 cm³/mol. The highest BCUT2D eigenvalue weighted by atomic mass is 35.5. The number of aromatic nitrogens is 2. The van der Waals surface area contributed by atoms with Gasteiger partial charge in [0.1, 0.15) is 17.7 Å². The van der Waals surface area contributed by atoms with Gasteiger partial charge in [-0.1, -0.05) is 0 Å². The van der Waals surface area contributed by atoms with Crippen molar-refractivity contribution in [2.24, 2.45) is 17.4 Å². The lowest BCUT2D eigenvalue weighted by atomic mass is 10.1. The van der Waals surface area contributed by atoms with Gasteiger partial charge in [-0.15, -0.1) is 12.4 Å². The lowest BCUT2D eigenvalue weighted by Gasteiger charge is -2.37. The SMILES string of the molecule is CC(CN1CC[C@@H](CN)C1)Oc1ccc(-n2ccc(NC(=O)N3CCN(C(=O)C(C)(C)N)CC3)nc2=O)cc1.Cl. The van der Waals surface area contributed by atoms with Crippen molar-refractivity contribution in [3.63, 3.8) is 0 Å². The van der Waals surface area contributed by atoms with Crippen LogP contribution in [-0.2, 0) is 4.79 Å². The third-order valence-electron chi connectivity index (χ3n) is 7.11. The Kier molecular flexibility index (Phi) is 10.5. The number of anilines is 1. The molecule has 2 saturated heterocycles. The number of nitrogens with one attached hydrogen (secondary N) is 1. The van der Waals surface area contributed by atoms with Crippen molar-refractivity contribution in [1.82, 2.24) is 24.3 Å². The number of ether oxygens (including phenoxy) is 1. The van der Waals surface area contributed by atoms with Crippen molar-refractivity contribution in [3.05, 3.63) is 47.0 Å². The first-order valence-electron chi connectivity index (χ1n) is 13.5. The maximum Gasteiger partial charge on any atom is 0.354 e. The number of hydrogen-bond donors (Lipinski definition) is 3. The molecule has 5 N–H and O–H groups in total. The van der Waals surface area contributed by atoms with Gasteiger partial charge in [-0.2, -0.15) is 4.98 Å². The Morgan fingerprint density at radius 2 is 1.75 bits per heavy atom. The normalized spacial score (nSPS) is 18.7. The molecule has 3 amide bonds. The first-order chi connectivity index (χ1) is 18.5. The van der Waals surface area contributed by atoms with E-state index in [-0.39, 0.29) is 36.3 Å². The predicted octanol–water partition coefficient (Wildman–Crippen LogP) is 1.12. The van der Waals surface area contributed by atoms with E-state index in [1.54, 1.807) is 48.0 Å². The Balaban J connectivity index is 0.00000441. The van der Waals surface area contributed by atoms with Crippen molar-refractivity contribution in [3.8, 4) is 11.4 Å². The van der Waals surface area contributed by atoms with E-state index in [1.807, 2.05) is 19.1 Å². The molecule has 1 aromatic carbocycles. The molecule has 2 aliphatic rings. The number of hydrogen-bond acceptors (Lipinski definition) is 8. The second-order valence-electron chi connectivity index (χ2n) is 11.0. The molecule has 2 atom stereocenters. The molecule has 220 valence electrons. The molecular weight excluding hydrogens is 536 g/mol. The highest BCUT2D eigenvalue weighted by molar-refractivity contribution is 5.89. The number of benzene rings is 1. The first-order valence-corrected chi connectivity index (χ1v) is 13.5. The third kappa shape index (κ3) is 7.94. The molecular formula is C27H41ClN8O4. The lowest BCUT2D eigenvalue weighted by Crippen LogP contribution is -2.58. The molecule has 13 heteroatoms. The van der Waals surface area contributed by atoms with Crippen LogP contribution in [0.4, 0.5) is 10.6 Å². The zero-order valence-electron chi connectivity index (χ0n) is 23.4. The topological polar surface area (TPSA) is 152 Å². The van der Waals surface area contributed by atoms with E-state index in [4.69, 9.17) is 16.2 Å². The van der Waals surface area contributed by atoms with Crippen LogP contribution in [0.15, 0.2) is 41.3 Å². The van der Waals surface area contributed by atoms with Gasteiger partial charge in [0, 0.05) is 45.5 Å². The minimum absolute atomic E-state index is 0. The summed E-state index contributed by atoms with van der Waals surface area (Å²) in [6, 6.07) is 8.46. The van der Waals surface area contributed by atoms with Crippen LogP contribution < -0.4 is 27.2 Å². The van der Waals surface area contributed by atoms with Crippen LogP contribution in [0.5, 0.6) is 5.75 Å². The van der Waals surface area contributed by atoms with Crippen molar-refractivity contribution in [2.75, 3.05) is 57.7 Å². The van der Waals surface area contributed by atoms with Crippen LogP contribution in [0.3, 0.4) is 0 Å². The van der Waals surface area contributed by atoms with E-state index in [1.165, 1.54) is 4.57 Å². The number of carbonyl (C=O) groups is 2. The van der Waals surface area contributed by atoms with Gasteiger partial charge in [0.25, 0.3) is 0 Å². The maximum atomic E-state index is 12.7. The first kappa shape index (κ1) is 31.3. The number of piperazine rings is 1. The van der Waals surface area contributed by atoms with Crippen LogP contribution in [0.25, 0.3) is 5.69 Å². The van der Waals surface area contributed by atoms with E-state index in [0.717, 1.165) is 38.3 Å². The minimum Gasteiger partial charge on any atom is -0.489 e. The maximum absolute atomic E-state index is 12.7. The fourth-order valence-electron chi connectivity index (χ4n) is 4.97. The van der Waals surface area contributed by atoms with E-state index in [2.05, 4.69) is 15.2 Å². The van der Waals surface area contributed by atoms with Gasteiger partial charge in [-0.05, 0) is 76.5 Å². The van der Waals surface area contributed by atoms with Crippen LogP contribution in [0, 0.1) is 5.92 Å². The average Bonchev–Trinajstić information content (AvgIpc) is 3.36. The Labute approximate surface area is 241 Å². The minimum atomic E-state index is -0.952. The van der Waals surface area contributed by atoms with E-state index < -0.39 is 11.2 Å². The standard InChI is InChI=1S/C27H40N8O4.ClH/c1-19(17-32-10-8-20(16-28)18-32)39-22-6-4-21(5-7-22)35-11-9-23(31-26(35)38)30-25(37)34-14-12-33(13-15-34)24(36)27(2,3)29;/h4-7,9,11,19-20H,8,10,12-18,28-29H2,1-3H3,(H,30,31,37,38);1H/t19?,20-;/m0./s1. The van der Waals surface area contributed by atoms with Gasteiger partial charge >= 0.3 is 11.7 Å². The lowest BCUT2D eigenvalue weighted by molar-refractivity contribution is -0.137. The second-order valence-corrected chi connectivity index (χ2v) is 11.0. The molecule has 1 aromatic heterocycles. The molecule has 2 aromatic rings. The molecule has 0 bridgehead atoms. The molecule has 2 aliphatic heterocycles. The second kappa shape index (κ2) is 13.4. The van der Waals surface area contributed by atoms with E-state index >= 15 is 0 Å². The Morgan fingerprint density at radius 3 is 2.33 bits per heavy atom. The highest BCUT2D eigenvalue weighted by Gasteiger charge is 2.31. The van der Waals surface area contributed by atoms with Gasteiger partial charge in [-0.25, -0.2) is 9.59 Å². The highest BCUT2D eigenvalue weighted by Crippen LogP contribution is 2.19. The number of urea groups is 1. The summed E-state index contributed by atoms with van der Waals surface area (Å²) in [7, 11) is 0. The summed E-state index contributed by atoms with van der Waals surface area (Å²) >= 11 is 0. The molecule has 0 spiro atoms. The summed E-state index contributed by atoms with van der Waals surface area (Å²) in [6.45, 7) is 10.5. The zero-order chi connectivity index (χ0) is 28.2. The van der Waals surface area contributed by atoms with Crippen LogP contribution in [0.2, 0.25) is 0 Å². The molecule has 1 unspecified atom stereocenters. The molecule has 0 radical (unpaired) electrons. The number of rotatable bonds is 8. The van der Waals surface area contributed by atoms with Gasteiger partial charge in [0.15, 0.2) is 0 Å². The molecule has 3 heterocycles. The average molecular weight is 577 g/mol. The summed E-state index contributed by atoms with van der Waals surface area (Å²) in [5, 5.41) is 2.68. The Hall–Kier alpha value is -3.19. The van der Waals surface area contributed by atoms with E-state index in [9.17, 15) is 14.4 Å². The number of nitrogens with two attached hydrogens (primary N) is 2. The molecule has 4 rings (SSSR count). The number of nitrogens with zero attached hydrogens (tertiary/aromatic N) is 5. The number of amides is 3. The monoisotopic (exact) mass is 576 g/mol. The van der Waals surface area contributed by atoms with Crippen molar-refractivity contribution in [2.45, 2.75) is 38.8 Å². The number of carbonyl (C=O) groups excluding carboxylic acids is 2. The fourth-order valence-corrected chi connectivity index (χ4v) is 4.97. The third-order valence-corrected chi connectivity index (χ3v) is 7.11. The molecule has 40 heavy (non-hydrogen) atoms. The summed E-state index contributed by atoms with van der Waals surface area (Å²) in [6.07, 6.45) is 2.73. The Bertz CT molecular complexity index is 1210. The smallest absolute Gasteiger partial charge is 0.354 e. The van der Waals surface area contributed by atoms with Crippen molar-refractivity contribution < 1.29 is 14.3 Å². The van der Waals surface area contributed by atoms with Crippen molar-refractivity contribution >= 4 is 30.2 Å². The quantitative estimate of drug-likeness (QED) is 0.423.